The minimum Gasteiger partial charge on any atom is -0.481 e. The summed E-state index contributed by atoms with van der Waals surface area (Å²) in [6.07, 6.45) is 4.94. The predicted octanol–water partition coefficient (Wildman–Crippen LogP) is 2.52. The molecule has 0 bridgehead atoms. The van der Waals surface area contributed by atoms with Gasteiger partial charge >= 0.3 is 11.9 Å². The minimum absolute atomic E-state index is 0.296. The Balaban J connectivity index is 0. The van der Waals surface area contributed by atoms with Gasteiger partial charge in [-0.25, -0.2) is 0 Å². The monoisotopic (exact) mass is 204 g/mol. The van der Waals surface area contributed by atoms with Crippen molar-refractivity contribution >= 4 is 11.9 Å². The summed E-state index contributed by atoms with van der Waals surface area (Å²) in [5.74, 6) is -2.15. The van der Waals surface area contributed by atoms with Gasteiger partial charge in [0.1, 0.15) is 0 Å². The number of hydrogen-bond acceptors (Lipinski definition) is 2. The fourth-order valence-electron chi connectivity index (χ4n) is 0.714. The molecule has 0 fully saturated rings. The lowest BCUT2D eigenvalue weighted by atomic mass is 10.2. The zero-order chi connectivity index (χ0) is 11.4. The van der Waals surface area contributed by atoms with Crippen LogP contribution in [0, 0.1) is 0 Å². The molecule has 4 heteroatoms. The van der Waals surface area contributed by atoms with E-state index in [0.717, 1.165) is 0 Å². The molecular weight excluding hydrogens is 184 g/mol. The molecule has 0 aromatic carbocycles. The number of rotatable bonds is 6. The molecular formula is C10H20O4. The maximum absolute atomic E-state index is 9.64. The van der Waals surface area contributed by atoms with E-state index in [1.807, 2.05) is 0 Å². The number of carboxylic acids is 2. The summed E-state index contributed by atoms with van der Waals surface area (Å²) in [6, 6.07) is 0. The van der Waals surface area contributed by atoms with Gasteiger partial charge < -0.3 is 10.2 Å². The first-order valence-corrected chi connectivity index (χ1v) is 4.98. The molecule has 0 aliphatic carbocycles. The zero-order valence-electron chi connectivity index (χ0n) is 8.95. The van der Waals surface area contributed by atoms with E-state index in [1.165, 1.54) is 25.7 Å². The molecule has 2 N–H and O–H groups in total. The van der Waals surface area contributed by atoms with Crippen molar-refractivity contribution in [1.82, 2.24) is 0 Å². The molecule has 4 nitrogen and oxygen atoms in total. The van der Waals surface area contributed by atoms with Crippen LogP contribution in [0.2, 0.25) is 0 Å². The highest BCUT2D eigenvalue weighted by Gasteiger charge is 2.00. The van der Waals surface area contributed by atoms with Crippen LogP contribution >= 0.6 is 0 Å². The number of carboxylic acid groups (broad SMARTS) is 2. The van der Waals surface area contributed by atoms with Crippen molar-refractivity contribution in [2.45, 2.75) is 52.4 Å². The number of hydrogen-bond donors (Lipinski definition) is 2. The lowest BCUT2D eigenvalue weighted by molar-refractivity contribution is -0.143. The van der Waals surface area contributed by atoms with Crippen LogP contribution < -0.4 is 0 Å². The minimum atomic E-state index is -1.08. The molecule has 0 aromatic heterocycles. The number of carbonyl (C=O) groups is 2. The summed E-state index contributed by atoms with van der Waals surface area (Å²) in [5.41, 5.74) is 0. The molecule has 0 saturated heterocycles. The second-order valence-corrected chi connectivity index (χ2v) is 2.99. The zero-order valence-corrected chi connectivity index (χ0v) is 8.95. The highest BCUT2D eigenvalue weighted by molar-refractivity contribution is 5.75. The molecule has 0 spiro atoms. The first kappa shape index (κ1) is 15.4. The summed E-state index contributed by atoms with van der Waals surface area (Å²) < 4.78 is 0. The van der Waals surface area contributed by atoms with E-state index in [0.29, 0.717) is 0 Å². The second-order valence-electron chi connectivity index (χ2n) is 2.99. The van der Waals surface area contributed by atoms with Crippen LogP contribution in [0.4, 0.5) is 0 Å². The van der Waals surface area contributed by atoms with E-state index < -0.39 is 11.9 Å². The summed E-state index contributed by atoms with van der Waals surface area (Å²) in [7, 11) is 0. The average Bonchev–Trinajstić information content (AvgIpc) is 2.12. The van der Waals surface area contributed by atoms with Gasteiger partial charge in [-0.2, -0.15) is 0 Å². The van der Waals surface area contributed by atoms with Crippen LogP contribution in [0.1, 0.15) is 52.4 Å². The Morgan fingerprint density at radius 3 is 1.29 bits per heavy atom. The maximum atomic E-state index is 9.64. The molecule has 0 heterocycles. The van der Waals surface area contributed by atoms with Gasteiger partial charge in [0.05, 0.1) is 12.8 Å². The SMILES string of the molecule is CCCCCC.O=C(O)CCC(=O)O. The summed E-state index contributed by atoms with van der Waals surface area (Å²) in [6.45, 7) is 4.46. The van der Waals surface area contributed by atoms with Crippen molar-refractivity contribution in [3.8, 4) is 0 Å². The largest absolute Gasteiger partial charge is 0.481 e. The topological polar surface area (TPSA) is 74.6 Å². The first-order valence-electron chi connectivity index (χ1n) is 4.98. The van der Waals surface area contributed by atoms with E-state index in [4.69, 9.17) is 10.2 Å². The third-order valence-electron chi connectivity index (χ3n) is 1.51. The molecule has 0 unspecified atom stereocenters. The molecule has 0 rings (SSSR count). The van der Waals surface area contributed by atoms with Crippen LogP contribution in [-0.2, 0) is 9.59 Å². The van der Waals surface area contributed by atoms with E-state index in [9.17, 15) is 9.59 Å². The second kappa shape index (κ2) is 11.9. The van der Waals surface area contributed by atoms with Gasteiger partial charge in [0, 0.05) is 0 Å². The van der Waals surface area contributed by atoms with Gasteiger partial charge in [0.15, 0.2) is 0 Å². The van der Waals surface area contributed by atoms with Crippen molar-refractivity contribution in [3.05, 3.63) is 0 Å². The van der Waals surface area contributed by atoms with Gasteiger partial charge in [-0.15, -0.1) is 0 Å². The third kappa shape index (κ3) is 22.4. The Bertz CT molecular complexity index is 136. The Hall–Kier alpha value is -1.06. The van der Waals surface area contributed by atoms with E-state index in [2.05, 4.69) is 13.8 Å². The normalized spacial score (nSPS) is 8.71. The molecule has 0 aliphatic heterocycles. The molecule has 14 heavy (non-hydrogen) atoms. The smallest absolute Gasteiger partial charge is 0.303 e. The maximum Gasteiger partial charge on any atom is 0.303 e. The molecule has 0 aliphatic rings. The van der Waals surface area contributed by atoms with Crippen LogP contribution in [0.25, 0.3) is 0 Å². The number of aliphatic carboxylic acids is 2. The molecule has 0 radical (unpaired) electrons. The molecule has 0 saturated carbocycles. The lowest BCUT2D eigenvalue weighted by Crippen LogP contribution is -2.00. The van der Waals surface area contributed by atoms with Crippen molar-refractivity contribution in [2.75, 3.05) is 0 Å². The van der Waals surface area contributed by atoms with Crippen LogP contribution in [0.3, 0.4) is 0 Å². The third-order valence-corrected chi connectivity index (χ3v) is 1.51. The van der Waals surface area contributed by atoms with Crippen molar-refractivity contribution in [2.24, 2.45) is 0 Å². The number of unbranched alkanes of at least 4 members (excludes halogenated alkanes) is 3. The van der Waals surface area contributed by atoms with Crippen LogP contribution in [0.15, 0.2) is 0 Å². The van der Waals surface area contributed by atoms with Crippen LogP contribution in [0.5, 0.6) is 0 Å². The Morgan fingerprint density at radius 2 is 1.14 bits per heavy atom. The van der Waals surface area contributed by atoms with Crippen molar-refractivity contribution in [1.29, 1.82) is 0 Å². The predicted molar refractivity (Wildman–Crippen MR) is 54.3 cm³/mol. The van der Waals surface area contributed by atoms with Crippen molar-refractivity contribution in [3.63, 3.8) is 0 Å². The highest BCUT2D eigenvalue weighted by Crippen LogP contribution is 1.95. The van der Waals surface area contributed by atoms with Gasteiger partial charge in [-0.3, -0.25) is 9.59 Å². The van der Waals surface area contributed by atoms with Gasteiger partial charge in [-0.1, -0.05) is 39.5 Å². The summed E-state index contributed by atoms with van der Waals surface area (Å²) >= 11 is 0. The quantitative estimate of drug-likeness (QED) is 0.652. The lowest BCUT2D eigenvalue weighted by Gasteiger charge is -1.86. The Kier molecular flexibility index (Phi) is 13.1. The van der Waals surface area contributed by atoms with Crippen molar-refractivity contribution < 1.29 is 19.8 Å². The van der Waals surface area contributed by atoms with Gasteiger partial charge in [0.2, 0.25) is 0 Å². The molecule has 84 valence electrons. The van der Waals surface area contributed by atoms with Gasteiger partial charge in [-0.05, 0) is 0 Å². The Morgan fingerprint density at radius 1 is 0.857 bits per heavy atom. The molecule has 0 amide bonds. The Labute approximate surface area is 84.9 Å². The van der Waals surface area contributed by atoms with Crippen LogP contribution in [-0.4, -0.2) is 22.2 Å². The summed E-state index contributed by atoms with van der Waals surface area (Å²) in [4.78, 5) is 19.3. The standard InChI is InChI=1S/C6H14.C4H6O4/c1-3-5-6-4-2;5-3(6)1-2-4(7)8/h3-6H2,1-2H3;1-2H2,(H,5,6)(H,7,8). The first-order chi connectivity index (χ1) is 6.54. The van der Waals surface area contributed by atoms with Gasteiger partial charge in [0.25, 0.3) is 0 Å². The molecule has 0 atom stereocenters. The van der Waals surface area contributed by atoms with E-state index >= 15 is 0 Å². The molecule has 0 aromatic rings. The average molecular weight is 204 g/mol. The van der Waals surface area contributed by atoms with E-state index in [-0.39, 0.29) is 12.8 Å². The van der Waals surface area contributed by atoms with E-state index in [1.54, 1.807) is 0 Å². The fourth-order valence-corrected chi connectivity index (χ4v) is 0.714. The highest BCUT2D eigenvalue weighted by atomic mass is 16.4. The fraction of sp³-hybridized carbons (Fsp3) is 0.800. The summed E-state index contributed by atoms with van der Waals surface area (Å²) in [5, 5.41) is 15.8.